The van der Waals surface area contributed by atoms with Gasteiger partial charge in [0.1, 0.15) is 5.82 Å². The van der Waals surface area contributed by atoms with Crippen LogP contribution < -0.4 is 10.6 Å². The first-order valence-corrected chi connectivity index (χ1v) is 9.78. The topological polar surface area (TPSA) is 71.8 Å². The Morgan fingerprint density at radius 3 is 2.92 bits per heavy atom. The molecule has 0 saturated heterocycles. The minimum atomic E-state index is -0.236. The minimum absolute atomic E-state index is 0.236. The fourth-order valence-corrected chi connectivity index (χ4v) is 4.01. The monoisotopic (exact) mass is 367 g/mol. The molecule has 0 spiro atoms. The van der Waals surface area contributed by atoms with Crippen LogP contribution >= 0.6 is 11.3 Å². The van der Waals surface area contributed by atoms with Gasteiger partial charge in [0.25, 0.3) is 0 Å². The highest BCUT2D eigenvalue weighted by Crippen LogP contribution is 2.31. The number of nitrogens with zero attached hydrogens (tertiary/aromatic N) is 3. The summed E-state index contributed by atoms with van der Waals surface area (Å²) < 4.78 is 2.15. The molecule has 6 nitrogen and oxygen atoms in total. The molecule has 0 saturated carbocycles. The lowest BCUT2D eigenvalue weighted by Crippen LogP contribution is -2.29. The SMILES string of the molecule is O=C(NCc1nnc2n1CCCCC2)Nc1ccccc1-c1cccs1. The average Bonchev–Trinajstić information content (AvgIpc) is 3.26. The number of hydrogen-bond donors (Lipinski definition) is 2. The van der Waals surface area contributed by atoms with Crippen molar-refractivity contribution < 1.29 is 4.79 Å². The number of rotatable bonds is 4. The lowest BCUT2D eigenvalue weighted by molar-refractivity contribution is 0.251. The van der Waals surface area contributed by atoms with Gasteiger partial charge >= 0.3 is 6.03 Å². The largest absolute Gasteiger partial charge is 0.331 e. The van der Waals surface area contributed by atoms with E-state index in [1.807, 2.05) is 35.7 Å². The Hall–Kier alpha value is -2.67. The van der Waals surface area contributed by atoms with E-state index in [2.05, 4.69) is 31.5 Å². The summed E-state index contributed by atoms with van der Waals surface area (Å²) in [7, 11) is 0. The first kappa shape index (κ1) is 16.8. The first-order valence-electron chi connectivity index (χ1n) is 8.90. The predicted octanol–water partition coefficient (Wildman–Crippen LogP) is 4.05. The highest BCUT2D eigenvalue weighted by atomic mass is 32.1. The molecule has 0 radical (unpaired) electrons. The maximum absolute atomic E-state index is 12.4. The molecule has 2 N–H and O–H groups in total. The summed E-state index contributed by atoms with van der Waals surface area (Å²) in [6.07, 6.45) is 4.48. The molecule has 1 aliphatic heterocycles. The molecule has 0 bridgehead atoms. The Balaban J connectivity index is 1.42. The predicted molar refractivity (Wildman–Crippen MR) is 103 cm³/mol. The summed E-state index contributed by atoms with van der Waals surface area (Å²) in [5.74, 6) is 1.85. The number of urea groups is 1. The number of hydrogen-bond acceptors (Lipinski definition) is 4. The summed E-state index contributed by atoms with van der Waals surface area (Å²) in [6, 6.07) is 11.6. The summed E-state index contributed by atoms with van der Waals surface area (Å²) in [4.78, 5) is 13.5. The van der Waals surface area contributed by atoms with Crippen molar-refractivity contribution >= 4 is 23.1 Å². The molecular weight excluding hydrogens is 346 g/mol. The van der Waals surface area contributed by atoms with E-state index in [1.54, 1.807) is 11.3 Å². The molecule has 3 heterocycles. The van der Waals surface area contributed by atoms with E-state index in [0.29, 0.717) is 6.54 Å². The van der Waals surface area contributed by atoms with Crippen LogP contribution in [0.2, 0.25) is 0 Å². The lowest BCUT2D eigenvalue weighted by Gasteiger charge is -2.12. The van der Waals surface area contributed by atoms with Gasteiger partial charge in [-0.1, -0.05) is 30.7 Å². The zero-order valence-corrected chi connectivity index (χ0v) is 15.3. The van der Waals surface area contributed by atoms with E-state index in [-0.39, 0.29) is 6.03 Å². The summed E-state index contributed by atoms with van der Waals surface area (Å²) in [5, 5.41) is 16.4. The van der Waals surface area contributed by atoms with E-state index < -0.39 is 0 Å². The standard InChI is InChI=1S/C19H21N5OS/c25-19(20-13-18-23-22-17-10-2-1-5-11-24(17)18)21-15-8-4-3-7-14(15)16-9-6-12-26-16/h3-4,6-9,12H,1-2,5,10-11,13H2,(H2,20,21,25). The fraction of sp³-hybridized carbons (Fsp3) is 0.316. The molecular formula is C19H21N5OS. The van der Waals surface area contributed by atoms with Gasteiger partial charge in [0.2, 0.25) is 0 Å². The lowest BCUT2D eigenvalue weighted by atomic mass is 10.1. The molecule has 4 rings (SSSR count). The van der Waals surface area contributed by atoms with Crippen LogP contribution in [0.1, 0.15) is 30.9 Å². The number of aryl methyl sites for hydroxylation is 1. The van der Waals surface area contributed by atoms with Crippen molar-refractivity contribution in [3.8, 4) is 10.4 Å². The average molecular weight is 367 g/mol. The summed E-state index contributed by atoms with van der Waals surface area (Å²) in [6.45, 7) is 1.31. The fourth-order valence-electron chi connectivity index (χ4n) is 3.24. The van der Waals surface area contributed by atoms with E-state index in [9.17, 15) is 4.79 Å². The number of aromatic nitrogens is 3. The number of para-hydroxylation sites is 1. The second-order valence-corrected chi connectivity index (χ2v) is 7.27. The van der Waals surface area contributed by atoms with Gasteiger partial charge in [-0.3, -0.25) is 0 Å². The molecule has 3 aromatic rings. The van der Waals surface area contributed by atoms with Gasteiger partial charge in [-0.05, 0) is 30.4 Å². The number of carbonyl (C=O) groups excluding carboxylic acids is 1. The van der Waals surface area contributed by atoms with Crippen LogP contribution in [0.5, 0.6) is 0 Å². The number of carbonyl (C=O) groups is 1. The Labute approximate surface area is 156 Å². The molecule has 2 aromatic heterocycles. The first-order chi connectivity index (χ1) is 12.8. The highest BCUT2D eigenvalue weighted by Gasteiger charge is 2.15. The third kappa shape index (κ3) is 3.62. The van der Waals surface area contributed by atoms with Crippen LogP contribution in [0.25, 0.3) is 10.4 Å². The van der Waals surface area contributed by atoms with E-state index in [0.717, 1.165) is 53.6 Å². The van der Waals surface area contributed by atoms with Gasteiger partial charge in [0.05, 0.1) is 12.2 Å². The van der Waals surface area contributed by atoms with Crippen LogP contribution in [0, 0.1) is 0 Å². The zero-order chi connectivity index (χ0) is 17.8. The van der Waals surface area contributed by atoms with Crippen LogP contribution in [-0.2, 0) is 19.5 Å². The van der Waals surface area contributed by atoms with Gasteiger partial charge in [-0.25, -0.2) is 4.79 Å². The molecule has 0 unspecified atom stereocenters. The number of amides is 2. The minimum Gasteiger partial charge on any atom is -0.331 e. The Kier molecular flexibility index (Phi) is 4.97. The third-order valence-electron chi connectivity index (χ3n) is 4.56. The second-order valence-electron chi connectivity index (χ2n) is 6.33. The molecule has 7 heteroatoms. The van der Waals surface area contributed by atoms with Crippen molar-refractivity contribution in [3.05, 3.63) is 53.4 Å². The number of thiophene rings is 1. The van der Waals surface area contributed by atoms with Gasteiger partial charge in [0.15, 0.2) is 5.82 Å². The molecule has 1 aliphatic rings. The Morgan fingerprint density at radius 2 is 2.04 bits per heavy atom. The van der Waals surface area contributed by atoms with Gasteiger partial charge in [0, 0.05) is 23.4 Å². The van der Waals surface area contributed by atoms with Gasteiger partial charge in [-0.15, -0.1) is 21.5 Å². The van der Waals surface area contributed by atoms with Gasteiger partial charge < -0.3 is 15.2 Å². The summed E-state index contributed by atoms with van der Waals surface area (Å²) in [5.41, 5.74) is 1.82. The van der Waals surface area contributed by atoms with Crippen molar-refractivity contribution in [1.82, 2.24) is 20.1 Å². The van der Waals surface area contributed by atoms with Crippen LogP contribution in [-0.4, -0.2) is 20.8 Å². The number of nitrogens with one attached hydrogen (secondary N) is 2. The number of anilines is 1. The van der Waals surface area contributed by atoms with E-state index in [4.69, 9.17) is 0 Å². The summed E-state index contributed by atoms with van der Waals surface area (Å²) >= 11 is 1.65. The smallest absolute Gasteiger partial charge is 0.319 e. The molecule has 0 atom stereocenters. The van der Waals surface area contributed by atoms with Crippen LogP contribution in [0.15, 0.2) is 41.8 Å². The number of fused-ring (bicyclic) bond motifs is 1. The molecule has 26 heavy (non-hydrogen) atoms. The molecule has 134 valence electrons. The highest BCUT2D eigenvalue weighted by molar-refractivity contribution is 7.13. The molecule has 2 amide bonds. The Bertz CT molecular complexity index is 887. The second kappa shape index (κ2) is 7.70. The van der Waals surface area contributed by atoms with Gasteiger partial charge in [-0.2, -0.15) is 0 Å². The van der Waals surface area contributed by atoms with E-state index >= 15 is 0 Å². The van der Waals surface area contributed by atoms with Crippen molar-refractivity contribution in [2.45, 2.75) is 38.8 Å². The normalized spacial score (nSPS) is 13.7. The third-order valence-corrected chi connectivity index (χ3v) is 5.46. The quantitative estimate of drug-likeness (QED) is 0.730. The molecule has 0 aliphatic carbocycles. The maximum Gasteiger partial charge on any atom is 0.319 e. The van der Waals surface area contributed by atoms with Crippen molar-refractivity contribution in [3.63, 3.8) is 0 Å². The van der Waals surface area contributed by atoms with Crippen LogP contribution in [0.3, 0.4) is 0 Å². The van der Waals surface area contributed by atoms with Crippen LogP contribution in [0.4, 0.5) is 10.5 Å². The van der Waals surface area contributed by atoms with E-state index in [1.165, 1.54) is 6.42 Å². The van der Waals surface area contributed by atoms with Crippen molar-refractivity contribution in [1.29, 1.82) is 0 Å². The maximum atomic E-state index is 12.4. The number of benzene rings is 1. The zero-order valence-electron chi connectivity index (χ0n) is 14.4. The Morgan fingerprint density at radius 1 is 1.12 bits per heavy atom. The molecule has 1 aromatic carbocycles. The molecule has 0 fully saturated rings. The van der Waals surface area contributed by atoms with Crippen molar-refractivity contribution in [2.75, 3.05) is 5.32 Å². The van der Waals surface area contributed by atoms with Crippen molar-refractivity contribution in [2.24, 2.45) is 0 Å².